The Kier molecular flexibility index (Phi) is 5.78. The van der Waals surface area contributed by atoms with Gasteiger partial charge in [0.1, 0.15) is 5.75 Å². The van der Waals surface area contributed by atoms with Gasteiger partial charge in [0.2, 0.25) is 5.91 Å². The Labute approximate surface area is 165 Å². The fourth-order valence-corrected chi connectivity index (χ4v) is 3.70. The Morgan fingerprint density at radius 1 is 1.11 bits per heavy atom. The fraction of sp³-hybridized carbons (Fsp3) is 0.409. The van der Waals surface area contributed by atoms with Crippen LogP contribution in [-0.4, -0.2) is 38.3 Å². The summed E-state index contributed by atoms with van der Waals surface area (Å²) in [5.41, 5.74) is 2.07. The highest BCUT2D eigenvalue weighted by Crippen LogP contribution is 2.33. The fourth-order valence-electron chi connectivity index (χ4n) is 3.70. The zero-order valence-corrected chi connectivity index (χ0v) is 16.1. The number of fused-ring (bicyclic) bond motifs is 5. The van der Waals surface area contributed by atoms with Crippen LogP contribution in [0.4, 0.5) is 0 Å². The summed E-state index contributed by atoms with van der Waals surface area (Å²) < 4.78 is 17.7. The lowest BCUT2D eigenvalue weighted by atomic mass is 10.0. The molecule has 2 aliphatic heterocycles. The van der Waals surface area contributed by atoms with E-state index in [2.05, 4.69) is 10.6 Å². The van der Waals surface area contributed by atoms with Gasteiger partial charge in [0, 0.05) is 13.0 Å². The summed E-state index contributed by atoms with van der Waals surface area (Å²) in [6, 6.07) is 13.7. The van der Waals surface area contributed by atoms with Gasteiger partial charge in [0.25, 0.3) is 0 Å². The first-order valence-electron chi connectivity index (χ1n) is 9.76. The molecule has 0 aliphatic carbocycles. The van der Waals surface area contributed by atoms with Gasteiger partial charge in [0.05, 0.1) is 25.9 Å². The molecule has 2 aromatic rings. The molecule has 2 aromatic carbocycles. The highest BCUT2D eigenvalue weighted by molar-refractivity contribution is 5.76. The van der Waals surface area contributed by atoms with Crippen molar-refractivity contribution in [3.8, 4) is 17.2 Å². The normalized spacial score (nSPS) is 22.7. The quantitative estimate of drug-likeness (QED) is 0.794. The van der Waals surface area contributed by atoms with E-state index in [4.69, 9.17) is 14.2 Å². The third-order valence-electron chi connectivity index (χ3n) is 5.22. The lowest BCUT2D eigenvalue weighted by molar-refractivity contribution is -0.123. The second-order valence-electron chi connectivity index (χ2n) is 7.25. The molecule has 0 unspecified atom stereocenters. The second-order valence-corrected chi connectivity index (χ2v) is 7.25. The molecule has 4 bridgehead atoms. The standard InChI is InChI=1S/C22H26N2O4/c1-26-20-7-5-15-6-8-22(25)24-18-13-23-10-9-19(18)27-14-16-3-2-4-17(11-16)28-21(20)12-15/h2-5,7,11-12,18-19,23H,6,8-10,13-14H2,1H3,(H,24,25)/t18-,19+/m0/s1. The largest absolute Gasteiger partial charge is 0.493 e. The zero-order valence-electron chi connectivity index (χ0n) is 16.1. The molecule has 1 amide bonds. The van der Waals surface area contributed by atoms with E-state index in [1.165, 1.54) is 0 Å². The van der Waals surface area contributed by atoms with Crippen LogP contribution in [0, 0.1) is 0 Å². The number of benzene rings is 2. The number of hydrogen-bond acceptors (Lipinski definition) is 5. The van der Waals surface area contributed by atoms with Crippen LogP contribution in [0.5, 0.6) is 17.2 Å². The minimum atomic E-state index is -0.0164. The molecule has 28 heavy (non-hydrogen) atoms. The van der Waals surface area contributed by atoms with Crippen molar-refractivity contribution >= 4 is 5.91 Å². The van der Waals surface area contributed by atoms with Crippen LogP contribution in [0.1, 0.15) is 24.0 Å². The molecule has 0 spiro atoms. The predicted molar refractivity (Wildman–Crippen MR) is 106 cm³/mol. The lowest BCUT2D eigenvalue weighted by Gasteiger charge is -2.32. The Morgan fingerprint density at radius 2 is 2.04 bits per heavy atom. The zero-order chi connectivity index (χ0) is 19.3. The third kappa shape index (κ3) is 4.46. The predicted octanol–water partition coefficient (Wildman–Crippen LogP) is 2.80. The van der Waals surface area contributed by atoms with Crippen molar-refractivity contribution < 1.29 is 19.0 Å². The van der Waals surface area contributed by atoms with Gasteiger partial charge in [-0.25, -0.2) is 0 Å². The number of amides is 1. The van der Waals surface area contributed by atoms with Crippen LogP contribution in [0.25, 0.3) is 0 Å². The summed E-state index contributed by atoms with van der Waals surface area (Å²) in [4.78, 5) is 12.5. The Balaban J connectivity index is 1.64. The molecule has 0 aromatic heterocycles. The minimum Gasteiger partial charge on any atom is -0.493 e. The average molecular weight is 382 g/mol. The maximum atomic E-state index is 12.5. The molecular weight excluding hydrogens is 356 g/mol. The molecule has 0 radical (unpaired) electrons. The van der Waals surface area contributed by atoms with Crippen LogP contribution in [0.2, 0.25) is 0 Å². The number of nitrogens with one attached hydrogen (secondary N) is 2. The number of carbonyl (C=O) groups excluding carboxylic acids is 1. The number of piperidine rings is 1. The number of hydrogen-bond donors (Lipinski definition) is 2. The van der Waals surface area contributed by atoms with Gasteiger partial charge in [-0.15, -0.1) is 0 Å². The average Bonchev–Trinajstić information content (AvgIpc) is 2.72. The van der Waals surface area contributed by atoms with E-state index in [1.54, 1.807) is 7.11 Å². The highest BCUT2D eigenvalue weighted by Gasteiger charge is 2.27. The second kappa shape index (κ2) is 8.63. The summed E-state index contributed by atoms with van der Waals surface area (Å²) in [7, 11) is 1.62. The molecule has 1 fully saturated rings. The Bertz CT molecular complexity index is 839. The van der Waals surface area contributed by atoms with E-state index in [0.29, 0.717) is 30.9 Å². The van der Waals surface area contributed by atoms with E-state index >= 15 is 0 Å². The summed E-state index contributed by atoms with van der Waals surface area (Å²) >= 11 is 0. The van der Waals surface area contributed by atoms with Crippen molar-refractivity contribution in [2.45, 2.75) is 38.0 Å². The minimum absolute atomic E-state index is 0.000968. The van der Waals surface area contributed by atoms with E-state index in [-0.39, 0.29) is 18.1 Å². The summed E-state index contributed by atoms with van der Waals surface area (Å²) in [5, 5.41) is 6.49. The molecule has 0 saturated carbocycles. The van der Waals surface area contributed by atoms with E-state index < -0.39 is 0 Å². The molecule has 1 saturated heterocycles. The first-order chi connectivity index (χ1) is 13.7. The van der Waals surface area contributed by atoms with Crippen molar-refractivity contribution in [1.82, 2.24) is 10.6 Å². The summed E-state index contributed by atoms with van der Waals surface area (Å²) in [6.45, 7) is 2.10. The van der Waals surface area contributed by atoms with E-state index in [9.17, 15) is 4.79 Å². The number of aryl methyl sites for hydroxylation is 1. The van der Waals surface area contributed by atoms with Crippen molar-refractivity contribution in [2.75, 3.05) is 20.2 Å². The molecule has 2 N–H and O–H groups in total. The Hall–Kier alpha value is -2.57. The Morgan fingerprint density at radius 3 is 2.93 bits per heavy atom. The van der Waals surface area contributed by atoms with Crippen LogP contribution >= 0.6 is 0 Å². The molecule has 6 nitrogen and oxygen atoms in total. The van der Waals surface area contributed by atoms with Gasteiger partial charge in [-0.3, -0.25) is 4.79 Å². The molecule has 2 aliphatic rings. The van der Waals surface area contributed by atoms with Crippen LogP contribution in [0.15, 0.2) is 42.5 Å². The number of ether oxygens (including phenoxy) is 3. The first kappa shape index (κ1) is 18.8. The maximum absolute atomic E-state index is 12.5. The van der Waals surface area contributed by atoms with Crippen molar-refractivity contribution in [3.63, 3.8) is 0 Å². The van der Waals surface area contributed by atoms with E-state index in [1.807, 2.05) is 42.5 Å². The van der Waals surface area contributed by atoms with Gasteiger partial charge in [-0.2, -0.15) is 0 Å². The van der Waals surface area contributed by atoms with Crippen LogP contribution < -0.4 is 20.1 Å². The highest BCUT2D eigenvalue weighted by atomic mass is 16.5. The summed E-state index contributed by atoms with van der Waals surface area (Å²) in [5.74, 6) is 2.08. The third-order valence-corrected chi connectivity index (χ3v) is 5.22. The SMILES string of the molecule is COc1ccc2cc1Oc1cccc(c1)CO[C@@H]1CCNC[C@@H]1NC(=O)CC2. The van der Waals surface area contributed by atoms with Gasteiger partial charge in [0.15, 0.2) is 11.5 Å². The van der Waals surface area contributed by atoms with Crippen molar-refractivity contribution in [3.05, 3.63) is 53.6 Å². The van der Waals surface area contributed by atoms with Crippen LogP contribution in [-0.2, 0) is 22.6 Å². The first-order valence-corrected chi connectivity index (χ1v) is 9.76. The molecule has 148 valence electrons. The number of methoxy groups -OCH3 is 1. The van der Waals surface area contributed by atoms with E-state index in [0.717, 1.165) is 36.4 Å². The molecule has 2 heterocycles. The lowest BCUT2D eigenvalue weighted by Crippen LogP contribution is -2.54. The smallest absolute Gasteiger partial charge is 0.220 e. The topological polar surface area (TPSA) is 68.8 Å². The van der Waals surface area contributed by atoms with Gasteiger partial charge >= 0.3 is 0 Å². The van der Waals surface area contributed by atoms with Gasteiger partial charge < -0.3 is 24.8 Å². The van der Waals surface area contributed by atoms with Crippen LogP contribution in [0.3, 0.4) is 0 Å². The summed E-state index contributed by atoms with van der Waals surface area (Å²) in [6.07, 6.45) is 1.93. The number of carbonyl (C=O) groups is 1. The van der Waals surface area contributed by atoms with Gasteiger partial charge in [-0.1, -0.05) is 18.2 Å². The number of rotatable bonds is 1. The van der Waals surface area contributed by atoms with Crippen molar-refractivity contribution in [2.24, 2.45) is 0 Å². The molecule has 6 heteroatoms. The van der Waals surface area contributed by atoms with Gasteiger partial charge in [-0.05, 0) is 54.8 Å². The monoisotopic (exact) mass is 382 g/mol. The maximum Gasteiger partial charge on any atom is 0.220 e. The van der Waals surface area contributed by atoms with Crippen molar-refractivity contribution in [1.29, 1.82) is 0 Å². The molecule has 2 atom stereocenters. The molecule has 4 rings (SSSR count). The molecular formula is C22H26N2O4.